The molecule has 0 aromatic carbocycles. The summed E-state index contributed by atoms with van der Waals surface area (Å²) in [6, 6.07) is 0.752. The average Bonchev–Trinajstić information content (AvgIpc) is 3.03. The third-order valence-corrected chi connectivity index (χ3v) is 6.38. The van der Waals surface area contributed by atoms with E-state index in [0.717, 1.165) is 18.5 Å². The summed E-state index contributed by atoms with van der Waals surface area (Å²) in [6.07, 6.45) is 7.01. The van der Waals surface area contributed by atoms with E-state index in [4.69, 9.17) is 5.73 Å². The maximum Gasteiger partial charge on any atom is 0.0499 e. The van der Waals surface area contributed by atoms with Gasteiger partial charge in [0.2, 0.25) is 0 Å². The van der Waals surface area contributed by atoms with Gasteiger partial charge in [0.05, 0.1) is 0 Å². The molecule has 0 aromatic rings. The topological polar surface area (TPSA) is 35.7 Å². The smallest absolute Gasteiger partial charge is 0.0499 e. The van der Waals surface area contributed by atoms with Crippen LogP contribution in [0.1, 0.15) is 32.1 Å². The quantitative estimate of drug-likeness (QED) is 0.816. The van der Waals surface area contributed by atoms with Gasteiger partial charge in [0.25, 0.3) is 0 Å². The normalized spacial score (nSPS) is 40.4. The molecule has 2 N–H and O–H groups in total. The van der Waals surface area contributed by atoms with Crippen molar-refractivity contribution < 1.29 is 0 Å². The Hall–Kier alpha value is -0.160. The van der Waals surface area contributed by atoms with Crippen molar-refractivity contribution in [3.63, 3.8) is 0 Å². The van der Waals surface area contributed by atoms with Crippen molar-refractivity contribution in [2.24, 2.45) is 11.7 Å². The molecule has 2 atom stereocenters. The van der Waals surface area contributed by atoms with E-state index in [1.165, 1.54) is 77.9 Å². The third-order valence-electron chi connectivity index (χ3n) is 6.38. The van der Waals surface area contributed by atoms with Crippen LogP contribution in [-0.4, -0.2) is 78.6 Å². The van der Waals surface area contributed by atoms with Gasteiger partial charge in [0.15, 0.2) is 0 Å². The molecule has 0 spiro atoms. The van der Waals surface area contributed by atoms with Crippen LogP contribution in [0.3, 0.4) is 0 Å². The maximum atomic E-state index is 6.30. The number of fused-ring (bicyclic) bond motifs is 1. The van der Waals surface area contributed by atoms with Crippen molar-refractivity contribution in [1.82, 2.24) is 14.7 Å². The zero-order valence-corrected chi connectivity index (χ0v) is 12.8. The Bertz CT molecular complexity index is 348. The number of nitrogens with zero attached hydrogens (tertiary/aromatic N) is 3. The largest absolute Gasteiger partial charge is 0.329 e. The second-order valence-corrected chi connectivity index (χ2v) is 7.48. The molecule has 3 saturated heterocycles. The van der Waals surface area contributed by atoms with Gasteiger partial charge in [0, 0.05) is 57.4 Å². The monoisotopic (exact) mass is 278 g/mol. The van der Waals surface area contributed by atoms with Gasteiger partial charge in [-0.1, -0.05) is 0 Å². The van der Waals surface area contributed by atoms with Gasteiger partial charge in [-0.15, -0.1) is 0 Å². The second kappa shape index (κ2) is 5.24. The second-order valence-electron chi connectivity index (χ2n) is 7.48. The minimum absolute atomic E-state index is 0.308. The average molecular weight is 278 g/mol. The molecule has 2 unspecified atom stereocenters. The van der Waals surface area contributed by atoms with E-state index in [9.17, 15) is 0 Å². The molecular formula is C16H30N4. The van der Waals surface area contributed by atoms with Crippen LogP contribution in [0.4, 0.5) is 0 Å². The predicted octanol–water partition coefficient (Wildman–Crippen LogP) is 0.580. The highest BCUT2D eigenvalue weighted by molar-refractivity contribution is 5.10. The standard InChI is InChI=1S/C16H30N4/c17-13-16(5-7-19-6-1-2-15(16)19)20-10-8-18(9-11-20)12-14-3-4-14/h14-15H,1-13,17H2. The molecule has 0 bridgehead atoms. The van der Waals surface area contributed by atoms with Crippen LogP contribution in [0.25, 0.3) is 0 Å². The van der Waals surface area contributed by atoms with Crippen LogP contribution in [0.15, 0.2) is 0 Å². The van der Waals surface area contributed by atoms with Gasteiger partial charge in [-0.25, -0.2) is 0 Å². The van der Waals surface area contributed by atoms with Crippen molar-refractivity contribution in [3.8, 4) is 0 Å². The van der Waals surface area contributed by atoms with E-state index >= 15 is 0 Å². The Morgan fingerprint density at radius 1 is 0.950 bits per heavy atom. The van der Waals surface area contributed by atoms with E-state index in [1.807, 2.05) is 0 Å². The van der Waals surface area contributed by atoms with Crippen LogP contribution in [0.2, 0.25) is 0 Å². The molecule has 0 aromatic heterocycles. The van der Waals surface area contributed by atoms with Crippen LogP contribution < -0.4 is 5.73 Å². The summed E-state index contributed by atoms with van der Waals surface area (Å²) >= 11 is 0. The first kappa shape index (κ1) is 13.5. The SMILES string of the molecule is NCC1(N2CCN(CC3CC3)CC2)CCN2CCCC21. The Morgan fingerprint density at radius 2 is 1.75 bits per heavy atom. The fourth-order valence-corrected chi connectivity index (χ4v) is 4.98. The van der Waals surface area contributed by atoms with Crippen LogP contribution >= 0.6 is 0 Å². The zero-order chi connectivity index (χ0) is 13.6. The zero-order valence-electron chi connectivity index (χ0n) is 12.8. The Balaban J connectivity index is 1.41. The minimum atomic E-state index is 0.308. The molecule has 3 heterocycles. The molecule has 1 aliphatic carbocycles. The van der Waals surface area contributed by atoms with E-state index in [-0.39, 0.29) is 0 Å². The summed E-state index contributed by atoms with van der Waals surface area (Å²) in [5, 5.41) is 0. The fourth-order valence-electron chi connectivity index (χ4n) is 4.98. The number of nitrogens with two attached hydrogens (primary N) is 1. The van der Waals surface area contributed by atoms with Gasteiger partial charge in [-0.05, 0) is 44.6 Å². The van der Waals surface area contributed by atoms with Crippen molar-refractivity contribution >= 4 is 0 Å². The van der Waals surface area contributed by atoms with Gasteiger partial charge >= 0.3 is 0 Å². The van der Waals surface area contributed by atoms with Crippen molar-refractivity contribution in [2.75, 3.05) is 52.4 Å². The fraction of sp³-hybridized carbons (Fsp3) is 1.00. The number of rotatable bonds is 4. The Morgan fingerprint density at radius 3 is 2.45 bits per heavy atom. The van der Waals surface area contributed by atoms with E-state index in [1.54, 1.807) is 0 Å². The van der Waals surface area contributed by atoms with Crippen LogP contribution in [-0.2, 0) is 0 Å². The molecular weight excluding hydrogens is 248 g/mol. The van der Waals surface area contributed by atoms with Gasteiger partial charge in [-0.3, -0.25) is 9.80 Å². The van der Waals surface area contributed by atoms with Gasteiger partial charge in [0.1, 0.15) is 0 Å². The van der Waals surface area contributed by atoms with E-state index in [0.29, 0.717) is 5.54 Å². The van der Waals surface area contributed by atoms with Crippen LogP contribution in [0, 0.1) is 5.92 Å². The lowest BCUT2D eigenvalue weighted by molar-refractivity contribution is 0.0181. The van der Waals surface area contributed by atoms with Crippen LogP contribution in [0.5, 0.6) is 0 Å². The molecule has 4 fully saturated rings. The molecule has 20 heavy (non-hydrogen) atoms. The summed E-state index contributed by atoms with van der Waals surface area (Å²) < 4.78 is 0. The molecule has 1 saturated carbocycles. The van der Waals surface area contributed by atoms with E-state index < -0.39 is 0 Å². The highest BCUT2D eigenvalue weighted by Crippen LogP contribution is 2.40. The number of piperazine rings is 1. The minimum Gasteiger partial charge on any atom is -0.329 e. The Kier molecular flexibility index (Phi) is 3.53. The number of hydrogen-bond donors (Lipinski definition) is 1. The molecule has 114 valence electrons. The first-order valence-electron chi connectivity index (χ1n) is 8.73. The molecule has 4 aliphatic rings. The summed E-state index contributed by atoms with van der Waals surface area (Å²) in [7, 11) is 0. The van der Waals surface area contributed by atoms with Gasteiger partial charge < -0.3 is 10.6 Å². The predicted molar refractivity (Wildman–Crippen MR) is 81.7 cm³/mol. The highest BCUT2D eigenvalue weighted by Gasteiger charge is 2.51. The lowest BCUT2D eigenvalue weighted by Gasteiger charge is -2.48. The first-order valence-corrected chi connectivity index (χ1v) is 8.73. The van der Waals surface area contributed by atoms with Crippen molar-refractivity contribution in [2.45, 2.75) is 43.7 Å². The lowest BCUT2D eigenvalue weighted by Crippen LogP contribution is -2.64. The molecule has 0 amide bonds. The number of hydrogen-bond acceptors (Lipinski definition) is 4. The van der Waals surface area contributed by atoms with Gasteiger partial charge in [-0.2, -0.15) is 0 Å². The van der Waals surface area contributed by atoms with Crippen molar-refractivity contribution in [3.05, 3.63) is 0 Å². The summed E-state index contributed by atoms with van der Waals surface area (Å²) in [6.45, 7) is 9.84. The molecule has 0 radical (unpaired) electrons. The van der Waals surface area contributed by atoms with Crippen molar-refractivity contribution in [1.29, 1.82) is 0 Å². The molecule has 4 nitrogen and oxygen atoms in total. The summed E-state index contributed by atoms with van der Waals surface area (Å²) in [5.74, 6) is 1.03. The highest BCUT2D eigenvalue weighted by atomic mass is 15.4. The summed E-state index contributed by atoms with van der Waals surface area (Å²) in [5.41, 5.74) is 6.61. The summed E-state index contributed by atoms with van der Waals surface area (Å²) in [4.78, 5) is 8.18. The lowest BCUT2D eigenvalue weighted by atomic mass is 9.86. The molecule has 4 heteroatoms. The molecule has 4 rings (SSSR count). The van der Waals surface area contributed by atoms with E-state index in [2.05, 4.69) is 14.7 Å². The third kappa shape index (κ3) is 2.21. The molecule has 3 aliphatic heterocycles. The first-order chi connectivity index (χ1) is 9.82. The Labute approximate surface area is 123 Å². The maximum absolute atomic E-state index is 6.30.